The molecule has 0 aromatic carbocycles. The van der Waals surface area contributed by atoms with E-state index in [1.54, 1.807) is 36.5 Å². The van der Waals surface area contributed by atoms with E-state index in [2.05, 4.69) is 20.2 Å². The molecular weight excluding hydrogens is 370 g/mol. The van der Waals surface area contributed by atoms with E-state index in [1.807, 2.05) is 12.1 Å². The van der Waals surface area contributed by atoms with Crippen molar-refractivity contribution in [3.8, 4) is 0 Å². The summed E-state index contributed by atoms with van der Waals surface area (Å²) >= 11 is 0. The molecule has 0 aliphatic carbocycles. The van der Waals surface area contributed by atoms with Gasteiger partial charge in [0.05, 0.1) is 13.2 Å². The number of nitrogens with one attached hydrogen (secondary N) is 1. The van der Waals surface area contributed by atoms with Gasteiger partial charge in [0.1, 0.15) is 5.69 Å². The molecular formula is C21H27N5O3. The Bertz CT molecular complexity index is 809. The third-order valence-corrected chi connectivity index (χ3v) is 4.89. The molecule has 2 amide bonds. The first-order valence-electron chi connectivity index (χ1n) is 9.82. The fraction of sp³-hybridized carbons (Fsp3) is 0.429. The summed E-state index contributed by atoms with van der Waals surface area (Å²) in [6.45, 7) is 5.13. The average molecular weight is 397 g/mol. The molecule has 0 atom stereocenters. The van der Waals surface area contributed by atoms with Gasteiger partial charge in [-0.3, -0.25) is 24.5 Å². The summed E-state index contributed by atoms with van der Waals surface area (Å²) in [5, 5.41) is 2.91. The second-order valence-corrected chi connectivity index (χ2v) is 6.97. The third kappa shape index (κ3) is 6.33. The summed E-state index contributed by atoms with van der Waals surface area (Å²) in [4.78, 5) is 37.1. The van der Waals surface area contributed by atoms with Gasteiger partial charge in [-0.25, -0.2) is 0 Å². The zero-order chi connectivity index (χ0) is 20.5. The van der Waals surface area contributed by atoms with Gasteiger partial charge < -0.3 is 15.0 Å². The van der Waals surface area contributed by atoms with Crippen LogP contribution in [0, 0.1) is 0 Å². The van der Waals surface area contributed by atoms with Crippen molar-refractivity contribution in [1.82, 2.24) is 25.1 Å². The lowest BCUT2D eigenvalue weighted by Gasteiger charge is -2.26. The standard InChI is InChI=1S/C21H27N5O3/c1-25(10-5-17-2-6-22-7-3-17)21(28)19-16-18(4-8-23-19)20(27)24-9-11-26-12-14-29-15-13-26/h2-4,6-8,16H,5,9-15H2,1H3,(H,24,27). The van der Waals surface area contributed by atoms with E-state index in [-0.39, 0.29) is 17.5 Å². The summed E-state index contributed by atoms with van der Waals surface area (Å²) in [7, 11) is 1.74. The van der Waals surface area contributed by atoms with Gasteiger partial charge in [0.25, 0.3) is 11.8 Å². The first kappa shape index (κ1) is 20.9. The Morgan fingerprint density at radius 3 is 2.69 bits per heavy atom. The minimum Gasteiger partial charge on any atom is -0.379 e. The van der Waals surface area contributed by atoms with Crippen molar-refractivity contribution in [2.24, 2.45) is 0 Å². The van der Waals surface area contributed by atoms with Crippen LogP contribution in [0.4, 0.5) is 0 Å². The Hall–Kier alpha value is -2.84. The summed E-state index contributed by atoms with van der Waals surface area (Å²) in [5.74, 6) is -0.406. The number of aromatic nitrogens is 2. The molecule has 0 bridgehead atoms. The number of pyridine rings is 2. The number of hydrogen-bond donors (Lipinski definition) is 1. The maximum atomic E-state index is 12.7. The van der Waals surface area contributed by atoms with E-state index < -0.39 is 0 Å². The number of likely N-dealkylation sites (N-methyl/N-ethyl adjacent to an activating group) is 1. The molecule has 0 radical (unpaired) electrons. The normalized spacial score (nSPS) is 14.4. The molecule has 3 rings (SSSR count). The monoisotopic (exact) mass is 397 g/mol. The summed E-state index contributed by atoms with van der Waals surface area (Å²) in [6.07, 6.45) is 5.70. The highest BCUT2D eigenvalue weighted by Crippen LogP contribution is 2.07. The Labute approximate surface area is 170 Å². The maximum absolute atomic E-state index is 12.7. The van der Waals surface area contributed by atoms with Crippen molar-refractivity contribution in [2.75, 3.05) is 53.0 Å². The van der Waals surface area contributed by atoms with Crippen LogP contribution in [-0.4, -0.2) is 84.6 Å². The molecule has 29 heavy (non-hydrogen) atoms. The van der Waals surface area contributed by atoms with E-state index in [1.165, 1.54) is 6.20 Å². The predicted octanol–water partition coefficient (Wildman–Crippen LogP) is 0.853. The molecule has 154 valence electrons. The zero-order valence-corrected chi connectivity index (χ0v) is 16.7. The highest BCUT2D eigenvalue weighted by Gasteiger charge is 2.16. The molecule has 1 aliphatic rings. The van der Waals surface area contributed by atoms with E-state index in [9.17, 15) is 9.59 Å². The van der Waals surface area contributed by atoms with Crippen LogP contribution in [0.5, 0.6) is 0 Å². The van der Waals surface area contributed by atoms with Gasteiger partial charge in [-0.1, -0.05) is 0 Å². The number of carbonyl (C=O) groups excluding carboxylic acids is 2. The summed E-state index contributed by atoms with van der Waals surface area (Å²) in [6, 6.07) is 7.03. The summed E-state index contributed by atoms with van der Waals surface area (Å²) < 4.78 is 5.32. The van der Waals surface area contributed by atoms with Crippen molar-refractivity contribution in [1.29, 1.82) is 0 Å². The lowest BCUT2D eigenvalue weighted by Crippen LogP contribution is -2.41. The molecule has 1 fully saturated rings. The molecule has 2 aromatic rings. The first-order chi connectivity index (χ1) is 14.1. The lowest BCUT2D eigenvalue weighted by molar-refractivity contribution is 0.0383. The molecule has 0 saturated carbocycles. The van der Waals surface area contributed by atoms with E-state index in [0.717, 1.165) is 44.8 Å². The Morgan fingerprint density at radius 2 is 1.93 bits per heavy atom. The second kappa shape index (κ2) is 10.6. The van der Waals surface area contributed by atoms with Gasteiger partial charge >= 0.3 is 0 Å². The smallest absolute Gasteiger partial charge is 0.272 e. The minimum absolute atomic E-state index is 0.200. The van der Waals surface area contributed by atoms with Crippen LogP contribution in [-0.2, 0) is 11.2 Å². The number of amides is 2. The van der Waals surface area contributed by atoms with Crippen LogP contribution in [0.2, 0.25) is 0 Å². The zero-order valence-electron chi connectivity index (χ0n) is 16.7. The van der Waals surface area contributed by atoms with Gasteiger partial charge in [-0.15, -0.1) is 0 Å². The number of morpholine rings is 1. The Morgan fingerprint density at radius 1 is 1.17 bits per heavy atom. The molecule has 8 nitrogen and oxygen atoms in total. The lowest BCUT2D eigenvalue weighted by atomic mass is 10.1. The van der Waals surface area contributed by atoms with Crippen molar-refractivity contribution in [3.05, 3.63) is 59.7 Å². The number of nitrogens with zero attached hydrogens (tertiary/aromatic N) is 4. The SMILES string of the molecule is CN(CCc1ccncc1)C(=O)c1cc(C(=O)NCCN2CCOCC2)ccn1. The first-order valence-corrected chi connectivity index (χ1v) is 9.82. The largest absolute Gasteiger partial charge is 0.379 e. The van der Waals surface area contributed by atoms with E-state index in [4.69, 9.17) is 4.74 Å². The van der Waals surface area contributed by atoms with Gasteiger partial charge in [-0.05, 0) is 36.2 Å². The van der Waals surface area contributed by atoms with Crippen LogP contribution < -0.4 is 5.32 Å². The van der Waals surface area contributed by atoms with Crippen molar-refractivity contribution in [3.63, 3.8) is 0 Å². The van der Waals surface area contributed by atoms with Crippen LogP contribution >= 0.6 is 0 Å². The fourth-order valence-corrected chi connectivity index (χ4v) is 3.09. The highest BCUT2D eigenvalue weighted by molar-refractivity contribution is 5.98. The second-order valence-electron chi connectivity index (χ2n) is 6.97. The topological polar surface area (TPSA) is 87.7 Å². The molecule has 1 aliphatic heterocycles. The molecule has 2 aromatic heterocycles. The maximum Gasteiger partial charge on any atom is 0.272 e. The number of rotatable bonds is 8. The molecule has 1 saturated heterocycles. The molecule has 0 unspecified atom stereocenters. The quantitative estimate of drug-likeness (QED) is 0.711. The van der Waals surface area contributed by atoms with Crippen molar-refractivity contribution < 1.29 is 14.3 Å². The van der Waals surface area contributed by atoms with Gasteiger partial charge in [-0.2, -0.15) is 0 Å². The number of ether oxygens (including phenoxy) is 1. The van der Waals surface area contributed by atoms with E-state index >= 15 is 0 Å². The third-order valence-electron chi connectivity index (χ3n) is 4.89. The molecule has 1 N–H and O–H groups in total. The van der Waals surface area contributed by atoms with Crippen LogP contribution in [0.25, 0.3) is 0 Å². The highest BCUT2D eigenvalue weighted by atomic mass is 16.5. The Kier molecular flexibility index (Phi) is 7.66. The van der Waals surface area contributed by atoms with E-state index in [0.29, 0.717) is 18.7 Å². The Balaban J connectivity index is 1.50. The van der Waals surface area contributed by atoms with Crippen molar-refractivity contribution in [2.45, 2.75) is 6.42 Å². The van der Waals surface area contributed by atoms with Crippen LogP contribution in [0.1, 0.15) is 26.4 Å². The van der Waals surface area contributed by atoms with Crippen LogP contribution in [0.3, 0.4) is 0 Å². The van der Waals surface area contributed by atoms with Gasteiger partial charge in [0.2, 0.25) is 0 Å². The average Bonchev–Trinajstić information content (AvgIpc) is 2.78. The molecule has 3 heterocycles. The predicted molar refractivity (Wildman–Crippen MR) is 109 cm³/mol. The van der Waals surface area contributed by atoms with Crippen molar-refractivity contribution >= 4 is 11.8 Å². The molecule has 8 heteroatoms. The van der Waals surface area contributed by atoms with Gasteiger partial charge in [0, 0.05) is 63.9 Å². The van der Waals surface area contributed by atoms with Crippen LogP contribution in [0.15, 0.2) is 42.9 Å². The number of hydrogen-bond acceptors (Lipinski definition) is 6. The van der Waals surface area contributed by atoms with Gasteiger partial charge in [0.15, 0.2) is 0 Å². The number of carbonyl (C=O) groups is 2. The fourth-order valence-electron chi connectivity index (χ4n) is 3.09. The minimum atomic E-state index is -0.206. The molecule has 0 spiro atoms. The summed E-state index contributed by atoms with van der Waals surface area (Å²) in [5.41, 5.74) is 1.82.